The minimum atomic E-state index is -0.0742. The number of hydrogen-bond donors (Lipinski definition) is 1. The second kappa shape index (κ2) is 9.74. The molecule has 3 aromatic heterocycles. The monoisotopic (exact) mass is 501 g/mol. The molecule has 1 aliphatic rings. The molecule has 0 spiro atoms. The van der Waals surface area contributed by atoms with Gasteiger partial charge in [0.05, 0.1) is 18.4 Å². The van der Waals surface area contributed by atoms with E-state index in [-0.39, 0.29) is 11.3 Å². The Morgan fingerprint density at radius 1 is 1.25 bits per heavy atom. The van der Waals surface area contributed by atoms with Crippen LogP contribution < -0.4 is 5.32 Å². The van der Waals surface area contributed by atoms with Gasteiger partial charge in [0.2, 0.25) is 0 Å². The molecule has 0 fully saturated rings. The molecule has 3 heterocycles. The third-order valence-corrected chi connectivity index (χ3v) is 8.51. The molecule has 4 aromatic rings. The highest BCUT2D eigenvalue weighted by molar-refractivity contribution is 7.16. The molecule has 1 aromatic carbocycles. The number of carbonyl (C=O) groups excluding carboxylic acids is 1. The largest absolute Gasteiger partial charge is 0.467 e. The quantitative estimate of drug-likeness (QED) is 0.275. The summed E-state index contributed by atoms with van der Waals surface area (Å²) >= 11 is 1.68. The van der Waals surface area contributed by atoms with Crippen molar-refractivity contribution in [3.05, 3.63) is 76.2 Å². The number of fused-ring (bicyclic) bond motifs is 2. The molecule has 0 aliphatic heterocycles. The van der Waals surface area contributed by atoms with Crippen LogP contribution in [0.3, 0.4) is 0 Å². The lowest BCUT2D eigenvalue weighted by Gasteiger charge is -2.33. The van der Waals surface area contributed by atoms with Crippen molar-refractivity contribution in [1.29, 1.82) is 0 Å². The summed E-state index contributed by atoms with van der Waals surface area (Å²) in [6, 6.07) is 12.5. The Kier molecular flexibility index (Phi) is 6.64. The fraction of sp³-hybridized carbons (Fsp3) is 0.400. The summed E-state index contributed by atoms with van der Waals surface area (Å²) in [7, 11) is 0. The molecule has 0 unspecified atom stereocenters. The molecule has 1 N–H and O–H groups in total. The van der Waals surface area contributed by atoms with Gasteiger partial charge in [0.25, 0.3) is 5.91 Å². The number of thiophene rings is 1. The van der Waals surface area contributed by atoms with E-state index < -0.39 is 0 Å². The van der Waals surface area contributed by atoms with E-state index in [1.165, 1.54) is 21.3 Å². The third-order valence-electron chi connectivity index (χ3n) is 7.35. The number of para-hydroxylation sites is 1. The van der Waals surface area contributed by atoms with Gasteiger partial charge in [0, 0.05) is 39.8 Å². The SMILES string of the molecule is CC(C)n1cc(C=Nc2sc3c(c2C(=O)NCc2ccco2)CC[C@@H](C(C)(C)C)C3)c2ccccc21. The van der Waals surface area contributed by atoms with Crippen molar-refractivity contribution in [2.45, 2.75) is 66.5 Å². The van der Waals surface area contributed by atoms with E-state index in [4.69, 9.17) is 9.41 Å². The molecule has 1 aliphatic carbocycles. The number of amides is 1. The molecular weight excluding hydrogens is 466 g/mol. The Balaban J connectivity index is 1.52. The third kappa shape index (κ3) is 4.79. The van der Waals surface area contributed by atoms with Crippen LogP contribution in [-0.4, -0.2) is 16.7 Å². The topological polar surface area (TPSA) is 59.5 Å². The van der Waals surface area contributed by atoms with E-state index in [0.29, 0.717) is 18.5 Å². The van der Waals surface area contributed by atoms with Crippen molar-refractivity contribution >= 4 is 39.4 Å². The number of nitrogens with one attached hydrogen (secondary N) is 1. The second-order valence-electron chi connectivity index (χ2n) is 11.1. The summed E-state index contributed by atoms with van der Waals surface area (Å²) in [6.45, 7) is 11.7. The smallest absolute Gasteiger partial charge is 0.255 e. The first-order chi connectivity index (χ1) is 17.2. The number of aliphatic imine (C=N–C) groups is 1. The summed E-state index contributed by atoms with van der Waals surface area (Å²) in [5, 5.41) is 5.04. The maximum atomic E-state index is 13.5. The molecule has 188 valence electrons. The Morgan fingerprint density at radius 3 is 2.78 bits per heavy atom. The van der Waals surface area contributed by atoms with Crippen LogP contribution in [-0.2, 0) is 19.4 Å². The number of furan rings is 1. The van der Waals surface area contributed by atoms with Crippen molar-refractivity contribution in [3.63, 3.8) is 0 Å². The molecular formula is C30H35N3O2S. The van der Waals surface area contributed by atoms with Crippen LogP contribution >= 0.6 is 11.3 Å². The maximum Gasteiger partial charge on any atom is 0.255 e. The number of aromatic nitrogens is 1. The van der Waals surface area contributed by atoms with E-state index >= 15 is 0 Å². The zero-order chi connectivity index (χ0) is 25.4. The van der Waals surface area contributed by atoms with Crippen molar-refractivity contribution in [2.24, 2.45) is 16.3 Å². The lowest BCUT2D eigenvalue weighted by molar-refractivity contribution is 0.0947. The Labute approximate surface area is 217 Å². The van der Waals surface area contributed by atoms with Gasteiger partial charge in [-0.25, -0.2) is 4.99 Å². The summed E-state index contributed by atoms with van der Waals surface area (Å²) in [4.78, 5) is 19.7. The van der Waals surface area contributed by atoms with Gasteiger partial charge in [-0.3, -0.25) is 4.79 Å². The van der Waals surface area contributed by atoms with Gasteiger partial charge in [-0.1, -0.05) is 39.0 Å². The van der Waals surface area contributed by atoms with Crippen molar-refractivity contribution < 1.29 is 9.21 Å². The summed E-state index contributed by atoms with van der Waals surface area (Å²) in [5.74, 6) is 1.27. The molecule has 0 saturated carbocycles. The maximum absolute atomic E-state index is 13.5. The molecule has 36 heavy (non-hydrogen) atoms. The van der Waals surface area contributed by atoms with Crippen LogP contribution in [0.15, 0.2) is 58.3 Å². The summed E-state index contributed by atoms with van der Waals surface area (Å²) in [5.41, 5.74) is 4.42. The predicted octanol–water partition coefficient (Wildman–Crippen LogP) is 7.71. The highest BCUT2D eigenvalue weighted by atomic mass is 32.1. The fourth-order valence-electron chi connectivity index (χ4n) is 5.19. The number of nitrogens with zero attached hydrogens (tertiary/aromatic N) is 2. The van der Waals surface area contributed by atoms with Crippen LogP contribution in [0, 0.1) is 11.3 Å². The Bertz CT molecular complexity index is 1400. The molecule has 0 bridgehead atoms. The first-order valence-corrected chi connectivity index (χ1v) is 13.6. The van der Waals surface area contributed by atoms with Gasteiger partial charge >= 0.3 is 0 Å². The Hall–Kier alpha value is -3.12. The van der Waals surface area contributed by atoms with Crippen LogP contribution in [0.5, 0.6) is 0 Å². The standard InChI is InChI=1S/C30H35N3O2S/c1-19(2)33-18-20(23-10-6-7-11-25(23)33)16-32-29-27(28(34)31-17-22-9-8-14-35-22)24-13-12-21(30(3,4)5)15-26(24)36-29/h6-11,14,16,18-19,21H,12-13,15,17H2,1-5H3,(H,31,34)/t21-/m1/s1. The zero-order valence-electron chi connectivity index (χ0n) is 21.8. The number of benzene rings is 1. The minimum absolute atomic E-state index is 0.0742. The first kappa shape index (κ1) is 24.6. The van der Waals surface area contributed by atoms with Gasteiger partial charge in [0.15, 0.2) is 0 Å². The van der Waals surface area contributed by atoms with Crippen molar-refractivity contribution in [3.8, 4) is 0 Å². The van der Waals surface area contributed by atoms with E-state index in [2.05, 4.69) is 75.0 Å². The average molecular weight is 502 g/mol. The average Bonchev–Trinajstić information content (AvgIpc) is 3.57. The minimum Gasteiger partial charge on any atom is -0.467 e. The van der Waals surface area contributed by atoms with Crippen LogP contribution in [0.2, 0.25) is 0 Å². The van der Waals surface area contributed by atoms with Gasteiger partial charge in [0.1, 0.15) is 10.8 Å². The number of hydrogen-bond acceptors (Lipinski definition) is 4. The van der Waals surface area contributed by atoms with Crippen LogP contribution in [0.4, 0.5) is 5.00 Å². The van der Waals surface area contributed by atoms with E-state index in [1.807, 2.05) is 18.3 Å². The summed E-state index contributed by atoms with van der Waals surface area (Å²) in [6.07, 6.45) is 8.74. The lowest BCUT2D eigenvalue weighted by atomic mass is 9.72. The molecule has 1 amide bonds. The second-order valence-corrected chi connectivity index (χ2v) is 12.2. The highest BCUT2D eigenvalue weighted by Gasteiger charge is 2.33. The van der Waals surface area contributed by atoms with Gasteiger partial charge in [-0.2, -0.15) is 0 Å². The molecule has 5 rings (SSSR count). The van der Waals surface area contributed by atoms with Gasteiger partial charge in [-0.15, -0.1) is 11.3 Å². The zero-order valence-corrected chi connectivity index (χ0v) is 22.6. The van der Waals surface area contributed by atoms with Crippen molar-refractivity contribution in [2.75, 3.05) is 0 Å². The molecule has 5 nitrogen and oxygen atoms in total. The fourth-order valence-corrected chi connectivity index (χ4v) is 6.46. The molecule has 6 heteroatoms. The van der Waals surface area contributed by atoms with Crippen LogP contribution in [0.1, 0.15) is 79.2 Å². The highest BCUT2D eigenvalue weighted by Crippen LogP contribution is 2.45. The number of rotatable bonds is 6. The van der Waals surface area contributed by atoms with Gasteiger partial charge < -0.3 is 14.3 Å². The molecule has 0 saturated heterocycles. The number of carbonyl (C=O) groups is 1. The van der Waals surface area contributed by atoms with Gasteiger partial charge in [-0.05, 0) is 68.2 Å². The predicted molar refractivity (Wildman–Crippen MR) is 149 cm³/mol. The molecule has 1 atom stereocenters. The lowest BCUT2D eigenvalue weighted by Crippen LogP contribution is -2.28. The van der Waals surface area contributed by atoms with Crippen LogP contribution in [0.25, 0.3) is 10.9 Å². The molecule has 0 radical (unpaired) electrons. The Morgan fingerprint density at radius 2 is 2.06 bits per heavy atom. The van der Waals surface area contributed by atoms with Crippen molar-refractivity contribution in [1.82, 2.24) is 9.88 Å². The van der Waals surface area contributed by atoms with E-state index in [0.717, 1.165) is 41.2 Å². The summed E-state index contributed by atoms with van der Waals surface area (Å²) < 4.78 is 7.70. The van der Waals surface area contributed by atoms with E-state index in [1.54, 1.807) is 17.6 Å². The first-order valence-electron chi connectivity index (χ1n) is 12.8. The normalized spacial score (nSPS) is 16.2. The van der Waals surface area contributed by atoms with E-state index in [9.17, 15) is 4.79 Å².